The van der Waals surface area contributed by atoms with Crippen LogP contribution in [0.4, 0.5) is 5.69 Å². The lowest BCUT2D eigenvalue weighted by atomic mass is 9.98. The van der Waals surface area contributed by atoms with Gasteiger partial charge >= 0.3 is 0 Å². The van der Waals surface area contributed by atoms with E-state index in [4.69, 9.17) is 11.6 Å². The third kappa shape index (κ3) is 6.94. The summed E-state index contributed by atoms with van der Waals surface area (Å²) in [6.07, 6.45) is 3.01. The number of hydrogen-bond acceptors (Lipinski definition) is 4. The van der Waals surface area contributed by atoms with Crippen molar-refractivity contribution in [1.29, 1.82) is 0 Å². The molecule has 1 heterocycles. The number of anilines is 1. The molecular weight excluding hydrogens is 302 g/mol. The Balaban J connectivity index is 0.000000295. The number of carbonyl (C=O) groups excluding carboxylic acids is 2. The zero-order valence-electron chi connectivity index (χ0n) is 13.4. The highest BCUT2D eigenvalue weighted by Crippen LogP contribution is 2.23. The van der Waals surface area contributed by atoms with Crippen LogP contribution in [0.3, 0.4) is 0 Å². The van der Waals surface area contributed by atoms with Crippen LogP contribution in [-0.4, -0.2) is 31.4 Å². The molecule has 2 rings (SSSR count). The van der Waals surface area contributed by atoms with Gasteiger partial charge in [0.05, 0.1) is 0 Å². The Morgan fingerprint density at radius 2 is 1.68 bits per heavy atom. The predicted molar refractivity (Wildman–Crippen MR) is 89.4 cm³/mol. The summed E-state index contributed by atoms with van der Waals surface area (Å²) in [5.74, 6) is 0.258. The van der Waals surface area contributed by atoms with Gasteiger partial charge in [-0.3, -0.25) is 4.79 Å². The van der Waals surface area contributed by atoms with Crippen molar-refractivity contribution < 1.29 is 14.3 Å². The van der Waals surface area contributed by atoms with Crippen molar-refractivity contribution in [2.45, 2.75) is 39.2 Å². The molecule has 1 aliphatic rings. The molecule has 0 aliphatic carbocycles. The lowest BCUT2D eigenvalue weighted by Gasteiger charge is -2.31. The van der Waals surface area contributed by atoms with Crippen molar-refractivity contribution >= 4 is 30.0 Å². The second-order valence-corrected chi connectivity index (χ2v) is 6.70. The van der Waals surface area contributed by atoms with Gasteiger partial charge in [-0.05, 0) is 57.9 Å². The Bertz CT molecular complexity index is 460. The Labute approximate surface area is 137 Å². The van der Waals surface area contributed by atoms with Crippen LogP contribution in [0.1, 0.15) is 33.6 Å². The molecule has 1 aromatic rings. The van der Waals surface area contributed by atoms with E-state index in [-0.39, 0.29) is 11.5 Å². The van der Waals surface area contributed by atoms with E-state index < -0.39 is 0 Å². The third-order valence-electron chi connectivity index (χ3n) is 3.33. The van der Waals surface area contributed by atoms with E-state index in [9.17, 15) is 9.59 Å². The molecule has 22 heavy (non-hydrogen) atoms. The van der Waals surface area contributed by atoms with E-state index in [1.807, 2.05) is 45.0 Å². The topological polar surface area (TPSA) is 46.6 Å². The Morgan fingerprint density at radius 1 is 1.14 bits per heavy atom. The van der Waals surface area contributed by atoms with Crippen LogP contribution in [0.2, 0.25) is 5.02 Å². The van der Waals surface area contributed by atoms with Crippen molar-refractivity contribution in [3.8, 4) is 0 Å². The van der Waals surface area contributed by atoms with Gasteiger partial charge in [0.25, 0.3) is 6.47 Å². The molecule has 4 nitrogen and oxygen atoms in total. The molecule has 5 heteroatoms. The van der Waals surface area contributed by atoms with Crippen LogP contribution in [0.5, 0.6) is 0 Å². The highest BCUT2D eigenvalue weighted by Gasteiger charge is 2.18. The lowest BCUT2D eigenvalue weighted by molar-refractivity contribution is -0.138. The predicted octanol–water partition coefficient (Wildman–Crippen LogP) is 3.71. The van der Waals surface area contributed by atoms with Gasteiger partial charge in [0.15, 0.2) is 0 Å². The first-order chi connectivity index (χ1) is 10.4. The van der Waals surface area contributed by atoms with E-state index in [2.05, 4.69) is 9.64 Å². The van der Waals surface area contributed by atoms with E-state index in [0.717, 1.165) is 37.2 Å². The molecular formula is C17H24ClNO3. The number of piperidine rings is 1. The molecule has 1 saturated heterocycles. The molecule has 0 saturated carbocycles. The lowest BCUT2D eigenvalue weighted by Crippen LogP contribution is -2.33. The maximum absolute atomic E-state index is 10.6. The summed E-state index contributed by atoms with van der Waals surface area (Å²) in [7, 11) is 0. The van der Waals surface area contributed by atoms with Crippen molar-refractivity contribution in [2.24, 2.45) is 5.92 Å². The Hall–Kier alpha value is -1.55. The summed E-state index contributed by atoms with van der Waals surface area (Å²) in [5, 5.41) is 0.765. The average molecular weight is 326 g/mol. The van der Waals surface area contributed by atoms with Crippen molar-refractivity contribution in [1.82, 2.24) is 0 Å². The van der Waals surface area contributed by atoms with Gasteiger partial charge in [-0.15, -0.1) is 0 Å². The van der Waals surface area contributed by atoms with Crippen molar-refractivity contribution in [3.63, 3.8) is 0 Å². The minimum atomic E-state index is -0.318. The molecule has 0 spiro atoms. The summed E-state index contributed by atoms with van der Waals surface area (Å²) in [4.78, 5) is 22.5. The fourth-order valence-corrected chi connectivity index (χ4v) is 2.22. The smallest absolute Gasteiger partial charge is 0.293 e. The van der Waals surface area contributed by atoms with Gasteiger partial charge < -0.3 is 14.4 Å². The van der Waals surface area contributed by atoms with Crippen LogP contribution in [0, 0.1) is 5.92 Å². The highest BCUT2D eigenvalue weighted by atomic mass is 35.5. The zero-order valence-corrected chi connectivity index (χ0v) is 14.2. The van der Waals surface area contributed by atoms with E-state index in [1.165, 1.54) is 5.69 Å². The van der Waals surface area contributed by atoms with Crippen molar-refractivity contribution in [2.75, 3.05) is 18.0 Å². The molecule has 0 aromatic heterocycles. The molecule has 1 aromatic carbocycles. The van der Waals surface area contributed by atoms with Crippen LogP contribution in [0.15, 0.2) is 24.3 Å². The SMILES string of the molecule is CC(C)(C)OC=O.O=CC1CCN(c2ccc(Cl)cc2)CC1. The molecule has 0 N–H and O–H groups in total. The summed E-state index contributed by atoms with van der Waals surface area (Å²) >= 11 is 5.83. The first-order valence-corrected chi connectivity index (χ1v) is 7.81. The largest absolute Gasteiger partial charge is 0.462 e. The number of ether oxygens (including phenoxy) is 1. The summed E-state index contributed by atoms with van der Waals surface area (Å²) in [5.41, 5.74) is 0.880. The van der Waals surface area contributed by atoms with Gasteiger partial charge in [0, 0.05) is 29.7 Å². The standard InChI is InChI=1S/C12H14ClNO.C5H10O2/c13-11-1-3-12(4-2-11)14-7-5-10(9-15)6-8-14;1-5(2,3)7-4-6/h1-4,9-10H,5-8H2;4H,1-3H3. The number of aldehydes is 1. The summed E-state index contributed by atoms with van der Waals surface area (Å²) in [6, 6.07) is 7.87. The van der Waals surface area contributed by atoms with Gasteiger partial charge in [0.2, 0.25) is 0 Å². The maximum Gasteiger partial charge on any atom is 0.293 e. The van der Waals surface area contributed by atoms with Gasteiger partial charge in [0.1, 0.15) is 11.9 Å². The summed E-state index contributed by atoms with van der Waals surface area (Å²) < 4.78 is 4.55. The number of rotatable bonds is 3. The van der Waals surface area contributed by atoms with Crippen LogP contribution in [0.25, 0.3) is 0 Å². The minimum Gasteiger partial charge on any atom is -0.462 e. The van der Waals surface area contributed by atoms with Gasteiger partial charge in [-0.2, -0.15) is 0 Å². The molecule has 0 atom stereocenters. The number of halogens is 1. The maximum atomic E-state index is 10.6. The highest BCUT2D eigenvalue weighted by molar-refractivity contribution is 6.30. The molecule has 122 valence electrons. The normalized spacial score (nSPS) is 15.5. The first kappa shape index (κ1) is 18.5. The fraction of sp³-hybridized carbons (Fsp3) is 0.529. The second-order valence-electron chi connectivity index (χ2n) is 6.26. The fourth-order valence-electron chi connectivity index (χ4n) is 2.09. The van der Waals surface area contributed by atoms with Crippen LogP contribution < -0.4 is 4.90 Å². The monoisotopic (exact) mass is 325 g/mol. The molecule has 0 bridgehead atoms. The molecule has 1 fully saturated rings. The zero-order chi connectivity index (χ0) is 16.6. The number of carbonyl (C=O) groups is 2. The van der Waals surface area contributed by atoms with E-state index in [1.54, 1.807) is 0 Å². The Kier molecular flexibility index (Phi) is 7.39. The molecule has 1 aliphatic heterocycles. The number of hydrogen-bond donors (Lipinski definition) is 0. The first-order valence-electron chi connectivity index (χ1n) is 7.43. The number of benzene rings is 1. The van der Waals surface area contributed by atoms with E-state index in [0.29, 0.717) is 6.47 Å². The second kappa shape index (κ2) is 8.79. The third-order valence-corrected chi connectivity index (χ3v) is 3.58. The molecule has 0 radical (unpaired) electrons. The molecule has 0 unspecified atom stereocenters. The minimum absolute atomic E-state index is 0.258. The van der Waals surface area contributed by atoms with Gasteiger partial charge in [-0.25, -0.2) is 0 Å². The Morgan fingerprint density at radius 3 is 2.05 bits per heavy atom. The van der Waals surface area contributed by atoms with Crippen LogP contribution in [-0.2, 0) is 14.3 Å². The van der Waals surface area contributed by atoms with E-state index >= 15 is 0 Å². The summed E-state index contributed by atoms with van der Waals surface area (Å²) in [6.45, 7) is 7.85. The quantitative estimate of drug-likeness (QED) is 0.795. The molecule has 0 amide bonds. The van der Waals surface area contributed by atoms with Crippen molar-refractivity contribution in [3.05, 3.63) is 29.3 Å². The van der Waals surface area contributed by atoms with Gasteiger partial charge in [-0.1, -0.05) is 11.6 Å². The average Bonchev–Trinajstić information content (AvgIpc) is 2.48. The van der Waals surface area contributed by atoms with Crippen LogP contribution >= 0.6 is 11.6 Å². The number of nitrogens with zero attached hydrogens (tertiary/aromatic N) is 1.